The third-order valence-corrected chi connectivity index (χ3v) is 4.91. The molecule has 0 fully saturated rings. The van der Waals surface area contributed by atoms with Gasteiger partial charge in [0.15, 0.2) is 5.76 Å². The first-order valence-electron chi connectivity index (χ1n) is 9.02. The monoisotopic (exact) mass is 415 g/mol. The molecule has 0 atom stereocenters. The lowest BCUT2D eigenvalue weighted by molar-refractivity contribution is -0.137. The van der Waals surface area contributed by atoms with Crippen LogP contribution in [0.15, 0.2) is 64.4 Å². The summed E-state index contributed by atoms with van der Waals surface area (Å²) in [5.74, 6) is -0.340. The van der Waals surface area contributed by atoms with Gasteiger partial charge in [-0.2, -0.15) is 13.2 Å². The fourth-order valence-corrected chi connectivity index (χ4v) is 3.38. The first kappa shape index (κ1) is 19.8. The number of carbonyl (C=O) groups is 2. The van der Waals surface area contributed by atoms with Crippen LogP contribution in [0.1, 0.15) is 28.1 Å². The van der Waals surface area contributed by atoms with Crippen LogP contribution in [0.2, 0.25) is 0 Å². The summed E-state index contributed by atoms with van der Waals surface area (Å²) in [6.45, 7) is 1.68. The lowest BCUT2D eigenvalue weighted by Gasteiger charge is -2.18. The second-order valence-corrected chi connectivity index (χ2v) is 6.88. The Morgan fingerprint density at radius 1 is 1.20 bits per heavy atom. The van der Waals surface area contributed by atoms with Crippen molar-refractivity contribution in [2.45, 2.75) is 19.5 Å². The van der Waals surface area contributed by atoms with Gasteiger partial charge in [-0.25, -0.2) is 0 Å². The van der Waals surface area contributed by atoms with Gasteiger partial charge in [-0.05, 0) is 48.9 Å². The number of alkyl halides is 3. The van der Waals surface area contributed by atoms with Gasteiger partial charge < -0.3 is 9.15 Å². The Kier molecular flexibility index (Phi) is 4.64. The van der Waals surface area contributed by atoms with Gasteiger partial charge in [-0.1, -0.05) is 6.08 Å². The van der Waals surface area contributed by atoms with Gasteiger partial charge in [-0.3, -0.25) is 14.5 Å². The molecule has 0 unspecified atom stereocenters. The summed E-state index contributed by atoms with van der Waals surface area (Å²) in [6.07, 6.45) is 2.26. The minimum absolute atomic E-state index is 0.0134. The minimum Gasteiger partial charge on any atom is -0.496 e. The maximum atomic E-state index is 13.0. The molecule has 3 heterocycles. The molecule has 1 aromatic carbocycles. The second-order valence-electron chi connectivity index (χ2n) is 6.88. The summed E-state index contributed by atoms with van der Waals surface area (Å²) >= 11 is 0. The first-order valence-corrected chi connectivity index (χ1v) is 9.02. The van der Waals surface area contributed by atoms with Gasteiger partial charge >= 0.3 is 6.18 Å². The molecule has 0 saturated heterocycles. The van der Waals surface area contributed by atoms with Gasteiger partial charge in [-0.15, -0.1) is 0 Å². The number of methoxy groups -OCH3 is 1. The number of rotatable bonds is 4. The van der Waals surface area contributed by atoms with Crippen molar-refractivity contribution in [3.05, 3.63) is 76.9 Å². The number of furan rings is 1. The number of aryl methyl sites for hydroxylation is 1. The molecule has 4 rings (SSSR count). The molecule has 2 aromatic rings. The SMILES string of the molecule is COc1cc(C(F)(F)F)ccc1-c1oc(C(=O)C2=CN3C(=O)CC=C3C=C2)cc1C. The van der Waals surface area contributed by atoms with Crippen molar-refractivity contribution in [2.75, 3.05) is 7.11 Å². The number of ketones is 1. The van der Waals surface area contributed by atoms with E-state index in [0.717, 1.165) is 12.1 Å². The average molecular weight is 415 g/mol. The van der Waals surface area contributed by atoms with Crippen LogP contribution >= 0.6 is 0 Å². The Bertz CT molecular complexity index is 1150. The van der Waals surface area contributed by atoms with E-state index in [0.29, 0.717) is 16.8 Å². The molecule has 0 N–H and O–H groups in total. The topological polar surface area (TPSA) is 59.8 Å². The van der Waals surface area contributed by atoms with Crippen molar-refractivity contribution in [2.24, 2.45) is 0 Å². The van der Waals surface area contributed by atoms with E-state index in [1.54, 1.807) is 25.2 Å². The number of allylic oxidation sites excluding steroid dienone is 3. The maximum absolute atomic E-state index is 13.0. The normalized spacial score (nSPS) is 15.8. The molecule has 2 aliphatic heterocycles. The van der Waals surface area contributed by atoms with Crippen molar-refractivity contribution in [3.8, 4) is 17.1 Å². The molecule has 5 nitrogen and oxygen atoms in total. The third-order valence-electron chi connectivity index (χ3n) is 4.91. The van der Waals surface area contributed by atoms with Crippen molar-refractivity contribution in [1.29, 1.82) is 0 Å². The summed E-state index contributed by atoms with van der Waals surface area (Å²) in [5, 5.41) is 0. The molecule has 0 radical (unpaired) electrons. The zero-order valence-corrected chi connectivity index (χ0v) is 16.0. The van der Waals surface area contributed by atoms with E-state index in [1.807, 2.05) is 0 Å². The van der Waals surface area contributed by atoms with Crippen LogP contribution in [-0.2, 0) is 11.0 Å². The van der Waals surface area contributed by atoms with E-state index in [1.165, 1.54) is 30.3 Å². The number of Topliss-reactive ketones (excluding diaryl/α,β-unsaturated/α-hetero) is 1. The fraction of sp³-hybridized carbons (Fsp3) is 0.182. The predicted octanol–water partition coefficient (Wildman–Crippen LogP) is 5.04. The van der Waals surface area contributed by atoms with E-state index < -0.39 is 17.5 Å². The Morgan fingerprint density at radius 2 is 1.97 bits per heavy atom. The molecule has 30 heavy (non-hydrogen) atoms. The number of amides is 1. The summed E-state index contributed by atoms with van der Waals surface area (Å²) in [4.78, 5) is 26.2. The number of halogens is 3. The minimum atomic E-state index is -4.51. The van der Waals surface area contributed by atoms with Gasteiger partial charge in [0.1, 0.15) is 11.5 Å². The second kappa shape index (κ2) is 7.05. The molecule has 0 spiro atoms. The van der Waals surface area contributed by atoms with Gasteiger partial charge in [0, 0.05) is 23.9 Å². The molecular weight excluding hydrogens is 399 g/mol. The number of benzene rings is 1. The van der Waals surface area contributed by atoms with Gasteiger partial charge in [0.25, 0.3) is 0 Å². The average Bonchev–Trinajstić information content (AvgIpc) is 3.28. The molecular formula is C22H16F3NO4. The highest BCUT2D eigenvalue weighted by Crippen LogP contribution is 2.39. The highest BCUT2D eigenvalue weighted by atomic mass is 19.4. The van der Waals surface area contributed by atoms with Gasteiger partial charge in [0.2, 0.25) is 11.7 Å². The van der Waals surface area contributed by atoms with Crippen LogP contribution in [0, 0.1) is 6.92 Å². The predicted molar refractivity (Wildman–Crippen MR) is 102 cm³/mol. The Hall–Kier alpha value is -3.55. The van der Waals surface area contributed by atoms with Crippen molar-refractivity contribution < 1.29 is 31.9 Å². The van der Waals surface area contributed by atoms with Crippen LogP contribution in [0.3, 0.4) is 0 Å². The third kappa shape index (κ3) is 3.34. The standard InChI is InChI=1S/C22H16F3NO4/c1-12-9-18(20(28)13-3-5-15-6-8-19(27)26(15)11-13)30-21(12)16-7-4-14(22(23,24)25)10-17(16)29-2/h3-7,9-11H,8H2,1-2H3. The Morgan fingerprint density at radius 3 is 2.67 bits per heavy atom. The summed E-state index contributed by atoms with van der Waals surface area (Å²) < 4.78 is 49.8. The smallest absolute Gasteiger partial charge is 0.416 e. The number of ether oxygens (including phenoxy) is 1. The molecule has 1 aromatic heterocycles. The summed E-state index contributed by atoms with van der Waals surface area (Å²) in [7, 11) is 1.26. The zero-order chi connectivity index (χ0) is 21.6. The molecule has 0 aliphatic carbocycles. The lowest BCUT2D eigenvalue weighted by Crippen LogP contribution is -2.22. The summed E-state index contributed by atoms with van der Waals surface area (Å²) in [5.41, 5.74) is 0.995. The Labute approximate surface area is 169 Å². The molecule has 0 saturated carbocycles. The first-order chi connectivity index (χ1) is 14.2. The van der Waals surface area contributed by atoms with E-state index >= 15 is 0 Å². The number of carbonyl (C=O) groups excluding carboxylic acids is 2. The molecule has 0 bridgehead atoms. The van der Waals surface area contributed by atoms with Crippen LogP contribution in [-0.4, -0.2) is 23.7 Å². The number of hydrogen-bond donors (Lipinski definition) is 0. The largest absolute Gasteiger partial charge is 0.496 e. The molecule has 2 aliphatic rings. The van der Waals surface area contributed by atoms with Crippen LogP contribution in [0.4, 0.5) is 13.2 Å². The highest BCUT2D eigenvalue weighted by molar-refractivity contribution is 6.10. The quantitative estimate of drug-likeness (QED) is 0.657. The van der Waals surface area contributed by atoms with Crippen LogP contribution in [0.5, 0.6) is 5.75 Å². The summed E-state index contributed by atoms with van der Waals surface area (Å²) in [6, 6.07) is 4.58. The molecule has 154 valence electrons. The molecule has 1 amide bonds. The molecule has 8 heteroatoms. The van der Waals surface area contributed by atoms with Crippen LogP contribution < -0.4 is 4.74 Å². The van der Waals surface area contributed by atoms with Crippen molar-refractivity contribution >= 4 is 11.7 Å². The maximum Gasteiger partial charge on any atom is 0.416 e. The van der Waals surface area contributed by atoms with Crippen LogP contribution in [0.25, 0.3) is 11.3 Å². The van der Waals surface area contributed by atoms with E-state index in [9.17, 15) is 22.8 Å². The van der Waals surface area contributed by atoms with Crippen molar-refractivity contribution in [1.82, 2.24) is 4.90 Å². The van der Waals surface area contributed by atoms with E-state index in [4.69, 9.17) is 9.15 Å². The number of fused-ring (bicyclic) bond motifs is 1. The zero-order valence-electron chi connectivity index (χ0n) is 16.0. The Balaban J connectivity index is 1.68. The highest BCUT2D eigenvalue weighted by Gasteiger charge is 2.32. The lowest BCUT2D eigenvalue weighted by atomic mass is 10.0. The van der Waals surface area contributed by atoms with Crippen molar-refractivity contribution in [3.63, 3.8) is 0 Å². The fourth-order valence-electron chi connectivity index (χ4n) is 3.38. The van der Waals surface area contributed by atoms with E-state index in [2.05, 4.69) is 0 Å². The number of nitrogens with zero attached hydrogens (tertiary/aromatic N) is 1. The van der Waals surface area contributed by atoms with Gasteiger partial charge in [0.05, 0.1) is 18.2 Å². The van der Waals surface area contributed by atoms with E-state index in [-0.39, 0.29) is 35.2 Å². The number of hydrogen-bond acceptors (Lipinski definition) is 4.